The van der Waals surface area contributed by atoms with Gasteiger partial charge in [-0.25, -0.2) is 4.98 Å². The molecule has 2 heterocycles. The van der Waals surface area contributed by atoms with Crippen LogP contribution < -0.4 is 0 Å². The van der Waals surface area contributed by atoms with Crippen LogP contribution in [0.4, 0.5) is 0 Å². The van der Waals surface area contributed by atoms with Crippen LogP contribution in [0.1, 0.15) is 38.4 Å². The Balaban J connectivity index is 1.71. The second-order valence-corrected chi connectivity index (χ2v) is 5.30. The number of imidazole rings is 1. The van der Waals surface area contributed by atoms with Crippen LogP contribution in [0, 0.1) is 0 Å². The summed E-state index contributed by atoms with van der Waals surface area (Å²) in [7, 11) is 0. The predicted octanol–water partition coefficient (Wildman–Crippen LogP) is 3.56. The Labute approximate surface area is 114 Å². The summed E-state index contributed by atoms with van der Waals surface area (Å²) in [5.74, 6) is 1.20. The molecular weight excluding hydrogens is 236 g/mol. The summed E-state index contributed by atoms with van der Waals surface area (Å²) < 4.78 is 8.07. The van der Waals surface area contributed by atoms with Gasteiger partial charge in [0.2, 0.25) is 0 Å². The first-order chi connectivity index (χ1) is 9.38. The molecule has 0 amide bonds. The summed E-state index contributed by atoms with van der Waals surface area (Å²) in [5.41, 5.74) is 2.39. The molecule has 1 aromatic heterocycles. The van der Waals surface area contributed by atoms with Crippen molar-refractivity contribution in [3.63, 3.8) is 0 Å². The van der Waals surface area contributed by atoms with E-state index in [0.29, 0.717) is 6.10 Å². The van der Waals surface area contributed by atoms with Crippen molar-refractivity contribution in [1.29, 1.82) is 0 Å². The highest BCUT2D eigenvalue weighted by Crippen LogP contribution is 2.20. The fourth-order valence-corrected chi connectivity index (χ4v) is 2.99. The van der Waals surface area contributed by atoms with Crippen LogP contribution in [-0.4, -0.2) is 22.3 Å². The van der Waals surface area contributed by atoms with Crippen molar-refractivity contribution in [2.75, 3.05) is 6.61 Å². The Morgan fingerprint density at radius 3 is 3.05 bits per heavy atom. The maximum absolute atomic E-state index is 5.69. The highest BCUT2D eigenvalue weighted by molar-refractivity contribution is 5.75. The van der Waals surface area contributed by atoms with Crippen molar-refractivity contribution >= 4 is 11.0 Å². The van der Waals surface area contributed by atoms with Gasteiger partial charge < -0.3 is 9.30 Å². The van der Waals surface area contributed by atoms with E-state index in [9.17, 15) is 0 Å². The topological polar surface area (TPSA) is 27.1 Å². The molecule has 1 fully saturated rings. The third-order valence-corrected chi connectivity index (χ3v) is 3.98. The van der Waals surface area contributed by atoms with Gasteiger partial charge in [-0.05, 0) is 37.8 Å². The third-order valence-electron chi connectivity index (χ3n) is 3.98. The van der Waals surface area contributed by atoms with Gasteiger partial charge in [-0.3, -0.25) is 0 Å². The van der Waals surface area contributed by atoms with Gasteiger partial charge in [-0.1, -0.05) is 19.1 Å². The third kappa shape index (κ3) is 2.66. The standard InChI is InChI=1S/C16H22N2O/c1-2-16-17-14-9-3-4-10-15(14)18(16)11-5-7-13-8-6-12-19-13/h3-4,9-10,13H,2,5-8,11-12H2,1H3. The van der Waals surface area contributed by atoms with Gasteiger partial charge in [0, 0.05) is 19.6 Å². The van der Waals surface area contributed by atoms with Gasteiger partial charge in [0.05, 0.1) is 17.1 Å². The Morgan fingerprint density at radius 1 is 1.37 bits per heavy atom. The van der Waals surface area contributed by atoms with Crippen molar-refractivity contribution in [3.8, 4) is 0 Å². The van der Waals surface area contributed by atoms with E-state index in [1.807, 2.05) is 0 Å². The Hall–Kier alpha value is -1.35. The van der Waals surface area contributed by atoms with E-state index in [0.717, 1.165) is 25.1 Å². The molecule has 1 aliphatic rings. The Morgan fingerprint density at radius 2 is 2.26 bits per heavy atom. The number of nitrogens with zero attached hydrogens (tertiary/aromatic N) is 2. The summed E-state index contributed by atoms with van der Waals surface area (Å²) in [4.78, 5) is 4.71. The molecule has 0 saturated carbocycles. The van der Waals surface area contributed by atoms with E-state index in [2.05, 4.69) is 35.8 Å². The van der Waals surface area contributed by atoms with E-state index in [1.54, 1.807) is 0 Å². The highest BCUT2D eigenvalue weighted by Gasteiger charge is 2.15. The Kier molecular flexibility index (Phi) is 3.83. The molecule has 0 spiro atoms. The highest BCUT2D eigenvalue weighted by atomic mass is 16.5. The lowest BCUT2D eigenvalue weighted by atomic mass is 10.1. The molecular formula is C16H22N2O. The molecule has 3 nitrogen and oxygen atoms in total. The molecule has 1 saturated heterocycles. The van der Waals surface area contributed by atoms with Gasteiger partial charge in [0.15, 0.2) is 0 Å². The molecule has 19 heavy (non-hydrogen) atoms. The summed E-state index contributed by atoms with van der Waals surface area (Å²) in [5, 5.41) is 0. The zero-order valence-corrected chi connectivity index (χ0v) is 11.6. The zero-order valence-electron chi connectivity index (χ0n) is 11.6. The van der Waals surface area contributed by atoms with Crippen LogP contribution in [0.3, 0.4) is 0 Å². The molecule has 3 heteroatoms. The number of para-hydroxylation sites is 2. The van der Waals surface area contributed by atoms with E-state index in [1.165, 1.54) is 37.0 Å². The smallest absolute Gasteiger partial charge is 0.109 e. The van der Waals surface area contributed by atoms with Crippen LogP contribution >= 0.6 is 0 Å². The van der Waals surface area contributed by atoms with Crippen LogP contribution in [0.15, 0.2) is 24.3 Å². The monoisotopic (exact) mass is 258 g/mol. The van der Waals surface area contributed by atoms with Gasteiger partial charge >= 0.3 is 0 Å². The molecule has 1 atom stereocenters. The molecule has 1 aliphatic heterocycles. The Bertz CT molecular complexity index is 541. The number of hydrogen-bond acceptors (Lipinski definition) is 2. The maximum atomic E-state index is 5.69. The van der Waals surface area contributed by atoms with E-state index in [-0.39, 0.29) is 0 Å². The number of fused-ring (bicyclic) bond motifs is 1. The van der Waals surface area contributed by atoms with Crippen molar-refractivity contribution in [3.05, 3.63) is 30.1 Å². The maximum Gasteiger partial charge on any atom is 0.109 e. The lowest BCUT2D eigenvalue weighted by Gasteiger charge is -2.11. The fraction of sp³-hybridized carbons (Fsp3) is 0.562. The number of ether oxygens (including phenoxy) is 1. The normalized spacial score (nSPS) is 19.3. The molecule has 0 N–H and O–H groups in total. The molecule has 102 valence electrons. The number of rotatable bonds is 5. The average molecular weight is 258 g/mol. The number of aryl methyl sites for hydroxylation is 2. The van der Waals surface area contributed by atoms with Crippen LogP contribution in [-0.2, 0) is 17.7 Å². The molecule has 1 unspecified atom stereocenters. The largest absolute Gasteiger partial charge is 0.378 e. The minimum Gasteiger partial charge on any atom is -0.378 e. The molecule has 0 aliphatic carbocycles. The van der Waals surface area contributed by atoms with Crippen molar-refractivity contribution in [2.45, 2.75) is 51.7 Å². The van der Waals surface area contributed by atoms with Crippen molar-refractivity contribution in [2.24, 2.45) is 0 Å². The predicted molar refractivity (Wildman–Crippen MR) is 77.3 cm³/mol. The van der Waals surface area contributed by atoms with E-state index < -0.39 is 0 Å². The van der Waals surface area contributed by atoms with Crippen LogP contribution in [0.25, 0.3) is 11.0 Å². The van der Waals surface area contributed by atoms with E-state index in [4.69, 9.17) is 9.72 Å². The van der Waals surface area contributed by atoms with Gasteiger partial charge in [0.1, 0.15) is 5.82 Å². The first kappa shape index (κ1) is 12.7. The van der Waals surface area contributed by atoms with Crippen molar-refractivity contribution in [1.82, 2.24) is 9.55 Å². The lowest BCUT2D eigenvalue weighted by Crippen LogP contribution is -2.08. The average Bonchev–Trinajstić information content (AvgIpc) is 3.06. The summed E-state index contributed by atoms with van der Waals surface area (Å²) in [6, 6.07) is 8.43. The second-order valence-electron chi connectivity index (χ2n) is 5.30. The van der Waals surface area contributed by atoms with Gasteiger partial charge in [0.25, 0.3) is 0 Å². The second kappa shape index (κ2) is 5.74. The van der Waals surface area contributed by atoms with Crippen LogP contribution in [0.2, 0.25) is 0 Å². The summed E-state index contributed by atoms with van der Waals surface area (Å²) in [6.45, 7) is 4.19. The number of benzene rings is 1. The lowest BCUT2D eigenvalue weighted by molar-refractivity contribution is 0.101. The molecule has 1 aromatic carbocycles. The SMILES string of the molecule is CCc1nc2ccccc2n1CCCC1CCCO1. The van der Waals surface area contributed by atoms with Gasteiger partial charge in [-0.2, -0.15) is 0 Å². The minimum atomic E-state index is 0.500. The van der Waals surface area contributed by atoms with Crippen LogP contribution in [0.5, 0.6) is 0 Å². The summed E-state index contributed by atoms with van der Waals surface area (Å²) >= 11 is 0. The quantitative estimate of drug-likeness (QED) is 0.820. The van der Waals surface area contributed by atoms with E-state index >= 15 is 0 Å². The molecule has 3 rings (SSSR count). The zero-order chi connectivity index (χ0) is 13.1. The number of aromatic nitrogens is 2. The first-order valence-electron chi connectivity index (χ1n) is 7.44. The summed E-state index contributed by atoms with van der Waals surface area (Å²) in [6.07, 6.45) is 6.33. The van der Waals surface area contributed by atoms with Crippen molar-refractivity contribution < 1.29 is 4.74 Å². The van der Waals surface area contributed by atoms with Gasteiger partial charge in [-0.15, -0.1) is 0 Å². The molecule has 0 radical (unpaired) electrons. The number of hydrogen-bond donors (Lipinski definition) is 0. The molecule has 2 aromatic rings. The first-order valence-corrected chi connectivity index (χ1v) is 7.44. The fourth-order valence-electron chi connectivity index (χ4n) is 2.99. The minimum absolute atomic E-state index is 0.500. The molecule has 0 bridgehead atoms.